The number of methoxy groups -OCH3 is 1. The highest BCUT2D eigenvalue weighted by atomic mass is 35.5. The van der Waals surface area contributed by atoms with Gasteiger partial charge in [0.25, 0.3) is 5.56 Å². The van der Waals surface area contributed by atoms with Crippen LogP contribution in [0.1, 0.15) is 25.3 Å². The third-order valence-corrected chi connectivity index (χ3v) is 7.44. The number of rotatable bonds is 10. The highest BCUT2D eigenvalue weighted by Gasteiger charge is 2.20. The molecule has 0 aliphatic heterocycles. The average molecular weight is 509 g/mol. The van der Waals surface area contributed by atoms with Gasteiger partial charge in [-0.2, -0.15) is 5.10 Å². The Balaban J connectivity index is 1.79. The summed E-state index contributed by atoms with van der Waals surface area (Å²) < 4.78 is 51.3. The summed E-state index contributed by atoms with van der Waals surface area (Å²) in [4.78, 5) is 12.1. The normalized spacial score (nSPS) is 11.4. The molecule has 182 valence electrons. The van der Waals surface area contributed by atoms with E-state index in [4.69, 9.17) is 21.1 Å². The lowest BCUT2D eigenvalue weighted by molar-refractivity contribution is 0.305. The Labute approximate surface area is 203 Å². The van der Waals surface area contributed by atoms with Crippen LogP contribution in [0.3, 0.4) is 0 Å². The van der Waals surface area contributed by atoms with Crippen molar-refractivity contribution >= 4 is 21.4 Å². The van der Waals surface area contributed by atoms with Crippen molar-refractivity contribution in [2.75, 3.05) is 19.5 Å². The molecule has 0 aliphatic rings. The molecular formula is C24H26ClFN2O5S. The summed E-state index contributed by atoms with van der Waals surface area (Å²) in [7, 11) is -0.541. The van der Waals surface area contributed by atoms with Crippen LogP contribution < -0.4 is 15.0 Å². The molecule has 1 aromatic heterocycles. The van der Waals surface area contributed by atoms with Crippen LogP contribution >= 0.6 is 11.6 Å². The van der Waals surface area contributed by atoms with Crippen LogP contribution in [-0.4, -0.2) is 37.7 Å². The zero-order valence-electron chi connectivity index (χ0n) is 19.2. The molecule has 10 heteroatoms. The molecule has 7 nitrogen and oxygen atoms in total. The van der Waals surface area contributed by atoms with Crippen molar-refractivity contribution in [1.82, 2.24) is 9.78 Å². The molecule has 3 rings (SSSR count). The summed E-state index contributed by atoms with van der Waals surface area (Å²) in [5.74, 6) is 0.0198. The van der Waals surface area contributed by atoms with E-state index < -0.39 is 21.2 Å². The molecule has 3 aromatic rings. The summed E-state index contributed by atoms with van der Waals surface area (Å²) in [5.41, 5.74) is 0.527. The van der Waals surface area contributed by atoms with E-state index in [1.54, 1.807) is 19.2 Å². The van der Waals surface area contributed by atoms with E-state index in [1.807, 2.05) is 6.07 Å². The largest absolute Gasteiger partial charge is 0.497 e. The second kappa shape index (κ2) is 11.0. The fourth-order valence-electron chi connectivity index (χ4n) is 3.33. The summed E-state index contributed by atoms with van der Waals surface area (Å²) in [6.45, 7) is 1.76. The van der Waals surface area contributed by atoms with Gasteiger partial charge >= 0.3 is 0 Å². The second-order valence-corrected chi connectivity index (χ2v) is 10.3. The molecule has 0 N–H and O–H groups in total. The number of unbranched alkanes of at least 4 members (excludes halogenated alkanes) is 1. The Hall–Kier alpha value is -2.91. The van der Waals surface area contributed by atoms with Gasteiger partial charge in [-0.25, -0.2) is 17.5 Å². The predicted molar refractivity (Wildman–Crippen MR) is 129 cm³/mol. The first-order chi connectivity index (χ1) is 16.2. The monoisotopic (exact) mass is 508 g/mol. The van der Waals surface area contributed by atoms with E-state index in [9.17, 15) is 17.6 Å². The Morgan fingerprint density at radius 2 is 1.88 bits per heavy atom. The van der Waals surface area contributed by atoms with Crippen molar-refractivity contribution in [3.8, 4) is 22.8 Å². The Morgan fingerprint density at radius 1 is 1.12 bits per heavy atom. The van der Waals surface area contributed by atoms with Gasteiger partial charge in [-0.1, -0.05) is 18.5 Å². The van der Waals surface area contributed by atoms with Crippen molar-refractivity contribution in [2.24, 2.45) is 7.05 Å². The second-order valence-electron chi connectivity index (χ2n) is 7.63. The molecule has 34 heavy (non-hydrogen) atoms. The number of hydrogen-bond donors (Lipinski definition) is 0. The number of aryl methyl sites for hydroxylation is 2. The molecule has 0 unspecified atom stereocenters. The van der Waals surface area contributed by atoms with Crippen molar-refractivity contribution in [1.29, 1.82) is 0 Å². The molecule has 0 saturated carbocycles. The van der Waals surface area contributed by atoms with Crippen LogP contribution in [0.4, 0.5) is 4.39 Å². The number of hydrogen-bond acceptors (Lipinski definition) is 6. The first kappa shape index (κ1) is 25.7. The first-order valence-corrected chi connectivity index (χ1v) is 12.8. The van der Waals surface area contributed by atoms with Gasteiger partial charge in [0.15, 0.2) is 15.6 Å². The molecule has 0 atom stereocenters. The van der Waals surface area contributed by atoms with Gasteiger partial charge in [0.1, 0.15) is 17.3 Å². The minimum absolute atomic E-state index is 0.0248. The fraction of sp³-hybridized carbons (Fsp3) is 0.333. The Morgan fingerprint density at radius 3 is 2.59 bits per heavy atom. The minimum Gasteiger partial charge on any atom is -0.497 e. The highest BCUT2D eigenvalue weighted by molar-refractivity contribution is 7.91. The van der Waals surface area contributed by atoms with Crippen LogP contribution in [0.25, 0.3) is 11.3 Å². The van der Waals surface area contributed by atoms with Gasteiger partial charge in [0.2, 0.25) is 0 Å². The number of halogens is 2. The van der Waals surface area contributed by atoms with Crippen LogP contribution in [0.5, 0.6) is 11.5 Å². The summed E-state index contributed by atoms with van der Waals surface area (Å²) in [6.07, 6.45) is 2.08. The van der Waals surface area contributed by atoms with Crippen molar-refractivity contribution in [2.45, 2.75) is 31.1 Å². The van der Waals surface area contributed by atoms with Crippen molar-refractivity contribution in [3.05, 3.63) is 69.2 Å². The molecule has 0 amide bonds. The van der Waals surface area contributed by atoms with Gasteiger partial charge in [0, 0.05) is 23.7 Å². The molecule has 0 bridgehead atoms. The summed E-state index contributed by atoms with van der Waals surface area (Å²) in [5, 5.41) is 4.79. The molecule has 2 aromatic carbocycles. The zero-order chi connectivity index (χ0) is 24.9. The van der Waals surface area contributed by atoms with Gasteiger partial charge < -0.3 is 9.47 Å². The van der Waals surface area contributed by atoms with E-state index in [1.165, 1.54) is 32.2 Å². The third-order valence-electron chi connectivity index (χ3n) is 5.34. The predicted octanol–water partition coefficient (Wildman–Crippen LogP) is 4.44. The molecule has 0 aliphatic carbocycles. The van der Waals surface area contributed by atoms with Gasteiger partial charge in [-0.3, -0.25) is 4.79 Å². The topological polar surface area (TPSA) is 87.5 Å². The molecule has 0 spiro atoms. The van der Waals surface area contributed by atoms with E-state index >= 15 is 0 Å². The summed E-state index contributed by atoms with van der Waals surface area (Å²) in [6, 6.07) is 10.2. The van der Waals surface area contributed by atoms with E-state index in [0.717, 1.165) is 28.5 Å². The average Bonchev–Trinajstić information content (AvgIpc) is 2.82. The Kier molecular flexibility index (Phi) is 8.33. The van der Waals surface area contributed by atoms with Crippen LogP contribution in [0, 0.1) is 5.82 Å². The molecule has 0 saturated heterocycles. The standard InChI is InChI=1S/C24H26ClFN2O5S/c1-4-34(30,31)18-9-11-21(26)19(14-18)24-22(15-23(29)28(2)27-24)33-12-6-5-7-16-13-17(32-3)8-10-20(16)25/h8-11,13-15H,4-7,12H2,1-3H3. The maximum Gasteiger partial charge on any atom is 0.270 e. The SMILES string of the molecule is CCS(=O)(=O)c1ccc(F)c(-c2nn(C)c(=O)cc2OCCCCc2cc(OC)ccc2Cl)c1. The molecule has 0 radical (unpaired) electrons. The molecule has 1 heterocycles. The number of sulfone groups is 1. The van der Waals surface area contributed by atoms with E-state index in [2.05, 4.69) is 5.10 Å². The lowest BCUT2D eigenvalue weighted by Gasteiger charge is -2.13. The van der Waals surface area contributed by atoms with E-state index in [-0.39, 0.29) is 34.3 Å². The number of nitrogens with zero attached hydrogens (tertiary/aromatic N) is 2. The minimum atomic E-state index is -3.56. The maximum absolute atomic E-state index is 14.7. The van der Waals surface area contributed by atoms with Gasteiger partial charge in [0.05, 0.1) is 24.4 Å². The van der Waals surface area contributed by atoms with Crippen molar-refractivity contribution in [3.63, 3.8) is 0 Å². The number of aromatic nitrogens is 2. The summed E-state index contributed by atoms with van der Waals surface area (Å²) >= 11 is 6.24. The molecule has 0 fully saturated rings. The zero-order valence-corrected chi connectivity index (χ0v) is 20.7. The van der Waals surface area contributed by atoms with Crippen LogP contribution in [0.2, 0.25) is 5.02 Å². The van der Waals surface area contributed by atoms with Crippen LogP contribution in [0.15, 0.2) is 52.2 Å². The third kappa shape index (κ3) is 5.95. The lowest BCUT2D eigenvalue weighted by atomic mass is 10.1. The van der Waals surface area contributed by atoms with Gasteiger partial charge in [-0.15, -0.1) is 0 Å². The van der Waals surface area contributed by atoms with Crippen LogP contribution in [-0.2, 0) is 23.3 Å². The highest BCUT2D eigenvalue weighted by Crippen LogP contribution is 2.31. The first-order valence-electron chi connectivity index (χ1n) is 10.7. The fourth-order valence-corrected chi connectivity index (χ4v) is 4.45. The number of benzene rings is 2. The Bertz CT molecular complexity index is 1340. The lowest BCUT2D eigenvalue weighted by Crippen LogP contribution is -2.20. The smallest absolute Gasteiger partial charge is 0.270 e. The maximum atomic E-state index is 14.7. The number of ether oxygens (including phenoxy) is 2. The van der Waals surface area contributed by atoms with Crippen molar-refractivity contribution < 1.29 is 22.3 Å². The van der Waals surface area contributed by atoms with E-state index in [0.29, 0.717) is 17.9 Å². The quantitative estimate of drug-likeness (QED) is 0.297. The molecular weight excluding hydrogens is 483 g/mol. The van der Waals surface area contributed by atoms with Gasteiger partial charge in [-0.05, 0) is 61.2 Å².